The summed E-state index contributed by atoms with van der Waals surface area (Å²) in [7, 11) is 1.59. The minimum absolute atomic E-state index is 0.116. The highest BCUT2D eigenvalue weighted by Crippen LogP contribution is 2.39. The van der Waals surface area contributed by atoms with Gasteiger partial charge in [0.1, 0.15) is 0 Å². The zero-order chi connectivity index (χ0) is 23.4. The lowest BCUT2D eigenvalue weighted by atomic mass is 10.1. The van der Waals surface area contributed by atoms with Crippen molar-refractivity contribution in [2.45, 2.75) is 42.8 Å². The predicted molar refractivity (Wildman–Crippen MR) is 128 cm³/mol. The standard InChI is InChI=1S/C22H27N7O3S/c1-13-12-18(28-27-13)24-20-19(32-3)21(29-10-8-16(31)9-11-29)26-22(25-20)33-17-6-4-15(5-7-17)23-14(2)30/h4-7,12,16,31H,8-11H2,1-3H3,(H,23,30)(H2,24,25,26,27,28). The van der Waals surface area contributed by atoms with Crippen LogP contribution in [-0.2, 0) is 4.79 Å². The number of benzene rings is 1. The van der Waals surface area contributed by atoms with E-state index < -0.39 is 0 Å². The fourth-order valence-corrected chi connectivity index (χ4v) is 4.30. The van der Waals surface area contributed by atoms with Gasteiger partial charge in [-0.05, 0) is 55.8 Å². The molecule has 1 aliphatic rings. The van der Waals surface area contributed by atoms with Crippen molar-refractivity contribution in [2.24, 2.45) is 0 Å². The Hall–Kier alpha value is -3.31. The molecule has 0 atom stereocenters. The first-order valence-electron chi connectivity index (χ1n) is 10.6. The third-order valence-electron chi connectivity index (χ3n) is 5.13. The molecule has 1 saturated heterocycles. The van der Waals surface area contributed by atoms with E-state index >= 15 is 0 Å². The third-order valence-corrected chi connectivity index (χ3v) is 6.00. The number of hydrogen-bond acceptors (Lipinski definition) is 9. The van der Waals surface area contributed by atoms with E-state index in [0.717, 1.165) is 16.3 Å². The Kier molecular flexibility index (Phi) is 6.99. The fourth-order valence-electron chi connectivity index (χ4n) is 3.55. The molecule has 4 rings (SSSR count). The van der Waals surface area contributed by atoms with Gasteiger partial charge in [0.25, 0.3) is 0 Å². The number of aliphatic hydroxyl groups is 1. The number of nitrogens with zero attached hydrogens (tertiary/aromatic N) is 4. The molecular weight excluding hydrogens is 442 g/mol. The van der Waals surface area contributed by atoms with E-state index in [0.29, 0.717) is 54.3 Å². The van der Waals surface area contributed by atoms with Gasteiger partial charge in [-0.3, -0.25) is 9.89 Å². The maximum absolute atomic E-state index is 11.3. The van der Waals surface area contributed by atoms with Crippen molar-refractivity contribution in [1.29, 1.82) is 0 Å². The Morgan fingerprint density at radius 1 is 1.24 bits per heavy atom. The SMILES string of the molecule is COc1c(Nc2cc(C)[nH]n2)nc(Sc2ccc(NC(C)=O)cc2)nc1N1CCC(O)CC1. The van der Waals surface area contributed by atoms with Crippen molar-refractivity contribution in [1.82, 2.24) is 20.2 Å². The maximum Gasteiger partial charge on any atom is 0.221 e. The van der Waals surface area contributed by atoms with Crippen molar-refractivity contribution >= 4 is 40.8 Å². The van der Waals surface area contributed by atoms with Crippen LogP contribution >= 0.6 is 11.8 Å². The zero-order valence-electron chi connectivity index (χ0n) is 18.8. The van der Waals surface area contributed by atoms with Crippen LogP contribution in [0.5, 0.6) is 5.75 Å². The molecule has 1 amide bonds. The number of aromatic nitrogens is 4. The second-order valence-corrected chi connectivity index (χ2v) is 8.84. The van der Waals surface area contributed by atoms with E-state index in [1.807, 2.05) is 37.3 Å². The molecule has 0 bridgehead atoms. The summed E-state index contributed by atoms with van der Waals surface area (Å²) in [4.78, 5) is 23.8. The number of nitrogens with one attached hydrogen (secondary N) is 3. The number of carbonyl (C=O) groups is 1. The van der Waals surface area contributed by atoms with E-state index in [-0.39, 0.29) is 12.0 Å². The summed E-state index contributed by atoms with van der Waals surface area (Å²) in [5.74, 6) is 2.22. The van der Waals surface area contributed by atoms with Gasteiger partial charge in [0.15, 0.2) is 22.6 Å². The normalized spacial score (nSPS) is 14.2. The van der Waals surface area contributed by atoms with Crippen molar-refractivity contribution in [3.8, 4) is 5.75 Å². The molecule has 1 aromatic carbocycles. The summed E-state index contributed by atoms with van der Waals surface area (Å²) in [5, 5.41) is 23.6. The Balaban J connectivity index is 1.67. The molecule has 1 aliphatic heterocycles. The van der Waals surface area contributed by atoms with Crippen LogP contribution in [0.15, 0.2) is 40.4 Å². The van der Waals surface area contributed by atoms with Gasteiger partial charge in [0, 0.05) is 42.4 Å². The van der Waals surface area contributed by atoms with Gasteiger partial charge < -0.3 is 25.4 Å². The van der Waals surface area contributed by atoms with E-state index in [2.05, 4.69) is 25.7 Å². The van der Waals surface area contributed by atoms with Gasteiger partial charge in [-0.2, -0.15) is 5.10 Å². The summed E-state index contributed by atoms with van der Waals surface area (Å²) in [6.45, 7) is 4.74. The monoisotopic (exact) mass is 469 g/mol. The number of amides is 1. The highest BCUT2D eigenvalue weighted by atomic mass is 32.2. The number of rotatable bonds is 7. The molecule has 1 fully saturated rings. The van der Waals surface area contributed by atoms with Crippen LogP contribution < -0.4 is 20.3 Å². The number of ether oxygens (including phenoxy) is 1. The minimum Gasteiger partial charge on any atom is -0.490 e. The van der Waals surface area contributed by atoms with E-state index in [1.165, 1.54) is 18.7 Å². The van der Waals surface area contributed by atoms with Crippen molar-refractivity contribution in [2.75, 3.05) is 35.7 Å². The molecule has 3 heterocycles. The topological polar surface area (TPSA) is 128 Å². The third kappa shape index (κ3) is 5.74. The fraction of sp³-hybridized carbons (Fsp3) is 0.364. The minimum atomic E-state index is -0.297. The second kappa shape index (κ2) is 10.1. The lowest BCUT2D eigenvalue weighted by molar-refractivity contribution is -0.114. The summed E-state index contributed by atoms with van der Waals surface area (Å²) >= 11 is 1.41. The summed E-state index contributed by atoms with van der Waals surface area (Å²) < 4.78 is 5.71. The molecule has 174 valence electrons. The number of piperidine rings is 1. The Bertz CT molecular complexity index is 1110. The van der Waals surface area contributed by atoms with Gasteiger partial charge in [-0.25, -0.2) is 9.97 Å². The zero-order valence-corrected chi connectivity index (χ0v) is 19.6. The number of carbonyl (C=O) groups excluding carboxylic acids is 1. The summed E-state index contributed by atoms with van der Waals surface area (Å²) in [6.07, 6.45) is 1.04. The average molecular weight is 470 g/mol. The van der Waals surface area contributed by atoms with Crippen LogP contribution in [0.2, 0.25) is 0 Å². The lowest BCUT2D eigenvalue weighted by Crippen LogP contribution is -2.36. The molecular formula is C22H27N7O3S. The summed E-state index contributed by atoms with van der Waals surface area (Å²) in [6, 6.07) is 9.37. The number of aromatic amines is 1. The molecule has 0 spiro atoms. The van der Waals surface area contributed by atoms with Crippen molar-refractivity contribution in [3.63, 3.8) is 0 Å². The number of methoxy groups -OCH3 is 1. The van der Waals surface area contributed by atoms with E-state index in [9.17, 15) is 9.90 Å². The van der Waals surface area contributed by atoms with E-state index in [4.69, 9.17) is 14.7 Å². The van der Waals surface area contributed by atoms with Crippen molar-refractivity contribution < 1.29 is 14.6 Å². The molecule has 0 aliphatic carbocycles. The highest BCUT2D eigenvalue weighted by Gasteiger charge is 2.25. The van der Waals surface area contributed by atoms with Gasteiger partial charge in [-0.15, -0.1) is 0 Å². The first-order valence-corrected chi connectivity index (χ1v) is 11.5. The quantitative estimate of drug-likeness (QED) is 0.385. The van der Waals surface area contributed by atoms with Gasteiger partial charge >= 0.3 is 0 Å². The van der Waals surface area contributed by atoms with Gasteiger partial charge in [0.05, 0.1) is 13.2 Å². The number of H-pyrrole nitrogens is 1. The van der Waals surface area contributed by atoms with Crippen molar-refractivity contribution in [3.05, 3.63) is 36.0 Å². The van der Waals surface area contributed by atoms with Gasteiger partial charge in [0.2, 0.25) is 11.7 Å². The van der Waals surface area contributed by atoms with E-state index in [1.54, 1.807) is 7.11 Å². The second-order valence-electron chi connectivity index (χ2n) is 7.80. The number of aryl methyl sites for hydroxylation is 1. The highest BCUT2D eigenvalue weighted by molar-refractivity contribution is 7.99. The first kappa shape index (κ1) is 22.9. The molecule has 0 unspecified atom stereocenters. The lowest BCUT2D eigenvalue weighted by Gasteiger charge is -2.31. The molecule has 2 aromatic heterocycles. The van der Waals surface area contributed by atoms with Crippen LogP contribution in [0, 0.1) is 6.92 Å². The molecule has 3 aromatic rings. The molecule has 0 radical (unpaired) electrons. The molecule has 4 N–H and O–H groups in total. The molecule has 0 saturated carbocycles. The van der Waals surface area contributed by atoms with Crippen LogP contribution in [0.3, 0.4) is 0 Å². The number of anilines is 4. The smallest absolute Gasteiger partial charge is 0.221 e. The van der Waals surface area contributed by atoms with Crippen LogP contribution in [-0.4, -0.2) is 57.5 Å². The molecule has 11 heteroatoms. The van der Waals surface area contributed by atoms with Crippen LogP contribution in [0.25, 0.3) is 0 Å². The maximum atomic E-state index is 11.3. The Labute approximate surface area is 196 Å². The van der Waals surface area contributed by atoms with Crippen LogP contribution in [0.4, 0.5) is 23.1 Å². The molecule has 10 nitrogen and oxygen atoms in total. The number of aliphatic hydroxyl groups excluding tert-OH is 1. The number of hydrogen-bond donors (Lipinski definition) is 4. The Morgan fingerprint density at radius 2 is 1.97 bits per heavy atom. The first-order chi connectivity index (χ1) is 15.9. The molecule has 33 heavy (non-hydrogen) atoms. The van der Waals surface area contributed by atoms with Crippen LogP contribution in [0.1, 0.15) is 25.5 Å². The largest absolute Gasteiger partial charge is 0.490 e. The summed E-state index contributed by atoms with van der Waals surface area (Å²) in [5.41, 5.74) is 1.65. The van der Waals surface area contributed by atoms with Gasteiger partial charge in [-0.1, -0.05) is 0 Å². The predicted octanol–water partition coefficient (Wildman–Crippen LogP) is 3.33. The average Bonchev–Trinajstić information content (AvgIpc) is 3.19. The Morgan fingerprint density at radius 3 is 2.58 bits per heavy atom.